The van der Waals surface area contributed by atoms with Gasteiger partial charge in [0.2, 0.25) is 0 Å². The van der Waals surface area contributed by atoms with Gasteiger partial charge in [0.15, 0.2) is 0 Å². The van der Waals surface area contributed by atoms with Gasteiger partial charge in [0.25, 0.3) is 5.91 Å². The molecule has 2 heterocycles. The molecular formula is C16H18N2O3S. The van der Waals surface area contributed by atoms with Crippen molar-refractivity contribution in [3.63, 3.8) is 0 Å². The van der Waals surface area contributed by atoms with Crippen LogP contribution >= 0.6 is 11.3 Å². The second-order valence-corrected chi connectivity index (χ2v) is 5.75. The van der Waals surface area contributed by atoms with Gasteiger partial charge in [0, 0.05) is 22.8 Å². The van der Waals surface area contributed by atoms with E-state index in [1.807, 2.05) is 0 Å². The van der Waals surface area contributed by atoms with Gasteiger partial charge < -0.3 is 10.1 Å². The summed E-state index contributed by atoms with van der Waals surface area (Å²) in [7, 11) is 0. The number of amides is 1. The van der Waals surface area contributed by atoms with E-state index in [1.165, 1.54) is 11.3 Å². The number of carbonyl (C=O) groups is 2. The summed E-state index contributed by atoms with van der Waals surface area (Å²) in [6.45, 7) is 4.13. The Morgan fingerprint density at radius 2 is 2.00 bits per heavy atom. The van der Waals surface area contributed by atoms with Crippen molar-refractivity contribution in [2.75, 3.05) is 11.9 Å². The highest BCUT2D eigenvalue weighted by molar-refractivity contribution is 7.16. The molecule has 0 atom stereocenters. The van der Waals surface area contributed by atoms with Crippen LogP contribution in [0.2, 0.25) is 0 Å². The minimum absolute atomic E-state index is 0.266. The number of hydrogen-bond donors (Lipinski definition) is 1. The molecule has 1 amide bonds. The van der Waals surface area contributed by atoms with Crippen LogP contribution < -0.4 is 5.32 Å². The molecule has 0 spiro atoms. The van der Waals surface area contributed by atoms with E-state index in [-0.39, 0.29) is 5.91 Å². The van der Waals surface area contributed by atoms with Gasteiger partial charge in [-0.25, -0.2) is 4.79 Å². The lowest BCUT2D eigenvalue weighted by Gasteiger charge is -2.05. The summed E-state index contributed by atoms with van der Waals surface area (Å²) >= 11 is 1.41. The van der Waals surface area contributed by atoms with Gasteiger partial charge in [-0.05, 0) is 31.5 Å². The number of carbonyl (C=O) groups excluding carboxylic acids is 2. The van der Waals surface area contributed by atoms with E-state index < -0.39 is 5.97 Å². The Morgan fingerprint density at radius 1 is 1.27 bits per heavy atom. The van der Waals surface area contributed by atoms with E-state index in [2.05, 4.69) is 17.2 Å². The lowest BCUT2D eigenvalue weighted by Crippen LogP contribution is -2.14. The predicted molar refractivity (Wildman–Crippen MR) is 86.5 cm³/mol. The van der Waals surface area contributed by atoms with Crippen molar-refractivity contribution in [1.82, 2.24) is 4.98 Å². The van der Waals surface area contributed by atoms with Crippen LogP contribution in [0, 0.1) is 0 Å². The van der Waals surface area contributed by atoms with Gasteiger partial charge in [-0.3, -0.25) is 9.78 Å². The van der Waals surface area contributed by atoms with Gasteiger partial charge in [0.1, 0.15) is 5.00 Å². The highest BCUT2D eigenvalue weighted by atomic mass is 32.1. The van der Waals surface area contributed by atoms with Gasteiger partial charge in [-0.2, -0.15) is 0 Å². The summed E-state index contributed by atoms with van der Waals surface area (Å²) < 4.78 is 5.05. The first-order valence-corrected chi connectivity index (χ1v) is 7.98. The first-order chi connectivity index (χ1) is 10.7. The number of esters is 1. The summed E-state index contributed by atoms with van der Waals surface area (Å²) in [5.74, 6) is -0.677. The monoisotopic (exact) mass is 318 g/mol. The summed E-state index contributed by atoms with van der Waals surface area (Å²) in [5, 5.41) is 3.33. The molecule has 0 unspecified atom stereocenters. The number of anilines is 1. The van der Waals surface area contributed by atoms with E-state index >= 15 is 0 Å². The summed E-state index contributed by atoms with van der Waals surface area (Å²) in [6, 6.07) is 5.05. The summed E-state index contributed by atoms with van der Waals surface area (Å²) in [5.41, 5.74) is 0.910. The van der Waals surface area contributed by atoms with Gasteiger partial charge in [-0.1, -0.05) is 13.3 Å². The number of pyridine rings is 1. The zero-order valence-corrected chi connectivity index (χ0v) is 13.4. The fourth-order valence-corrected chi connectivity index (χ4v) is 3.08. The first-order valence-electron chi connectivity index (χ1n) is 7.16. The molecule has 0 aliphatic rings. The number of ether oxygens (including phenoxy) is 1. The second-order valence-electron chi connectivity index (χ2n) is 4.62. The van der Waals surface area contributed by atoms with E-state index in [9.17, 15) is 9.59 Å². The average molecular weight is 318 g/mol. The number of nitrogens with one attached hydrogen (secondary N) is 1. The second kappa shape index (κ2) is 7.70. The van der Waals surface area contributed by atoms with E-state index in [0.717, 1.165) is 17.7 Å². The summed E-state index contributed by atoms with van der Waals surface area (Å²) in [6.07, 6.45) is 4.94. The molecule has 2 aromatic rings. The highest BCUT2D eigenvalue weighted by Crippen LogP contribution is 2.30. The molecule has 0 aromatic carbocycles. The number of thiophene rings is 1. The topological polar surface area (TPSA) is 68.3 Å². The Morgan fingerprint density at radius 3 is 2.64 bits per heavy atom. The third kappa shape index (κ3) is 3.92. The average Bonchev–Trinajstić information content (AvgIpc) is 2.91. The molecule has 0 fully saturated rings. The lowest BCUT2D eigenvalue weighted by molar-refractivity contribution is 0.0528. The quantitative estimate of drug-likeness (QED) is 0.827. The third-order valence-corrected chi connectivity index (χ3v) is 4.05. The summed E-state index contributed by atoms with van der Waals surface area (Å²) in [4.78, 5) is 29.2. The third-order valence-electron chi connectivity index (χ3n) is 2.94. The zero-order chi connectivity index (χ0) is 15.9. The SMILES string of the molecule is CCCc1cc(C(=O)OCC)c(NC(=O)c2ccncc2)s1. The molecule has 0 radical (unpaired) electrons. The van der Waals surface area contributed by atoms with Crippen LogP contribution in [0.15, 0.2) is 30.6 Å². The Labute approximate surface area is 133 Å². The molecular weight excluding hydrogens is 300 g/mol. The molecule has 0 aliphatic carbocycles. The van der Waals surface area contributed by atoms with E-state index in [1.54, 1.807) is 37.5 Å². The molecule has 22 heavy (non-hydrogen) atoms. The van der Waals surface area contributed by atoms with Crippen molar-refractivity contribution in [1.29, 1.82) is 0 Å². The molecule has 5 nitrogen and oxygen atoms in total. The number of rotatable bonds is 6. The minimum atomic E-state index is -0.411. The molecule has 1 N–H and O–H groups in total. The van der Waals surface area contributed by atoms with Crippen LogP contribution in [0.1, 0.15) is 45.9 Å². The maximum Gasteiger partial charge on any atom is 0.341 e. The van der Waals surface area contributed by atoms with Crippen LogP contribution in [0.25, 0.3) is 0 Å². The fraction of sp³-hybridized carbons (Fsp3) is 0.312. The number of nitrogens with zero attached hydrogens (tertiary/aromatic N) is 1. The highest BCUT2D eigenvalue weighted by Gasteiger charge is 2.19. The lowest BCUT2D eigenvalue weighted by atomic mass is 10.2. The number of hydrogen-bond acceptors (Lipinski definition) is 5. The molecule has 0 saturated carbocycles. The maximum atomic E-state index is 12.2. The van der Waals surface area contributed by atoms with Crippen molar-refractivity contribution < 1.29 is 14.3 Å². The number of aromatic nitrogens is 1. The van der Waals surface area contributed by atoms with Crippen LogP contribution in [0.4, 0.5) is 5.00 Å². The smallest absolute Gasteiger partial charge is 0.341 e. The minimum Gasteiger partial charge on any atom is -0.462 e. The van der Waals surface area contributed by atoms with Crippen molar-refractivity contribution in [2.24, 2.45) is 0 Å². The van der Waals surface area contributed by atoms with E-state index in [0.29, 0.717) is 22.7 Å². The molecule has 0 bridgehead atoms. The molecule has 2 rings (SSSR count). The maximum absolute atomic E-state index is 12.2. The van der Waals surface area contributed by atoms with Crippen molar-refractivity contribution in [2.45, 2.75) is 26.7 Å². The van der Waals surface area contributed by atoms with Crippen LogP contribution in [0.5, 0.6) is 0 Å². The number of aryl methyl sites for hydroxylation is 1. The normalized spacial score (nSPS) is 10.3. The van der Waals surface area contributed by atoms with Crippen LogP contribution in [-0.4, -0.2) is 23.5 Å². The van der Waals surface area contributed by atoms with E-state index in [4.69, 9.17) is 4.74 Å². The Hall–Kier alpha value is -2.21. The van der Waals surface area contributed by atoms with Gasteiger partial charge in [0.05, 0.1) is 12.2 Å². The molecule has 2 aromatic heterocycles. The Balaban J connectivity index is 2.24. The fourth-order valence-electron chi connectivity index (χ4n) is 1.94. The molecule has 0 aliphatic heterocycles. The first kappa shape index (κ1) is 16.2. The standard InChI is InChI=1S/C16H18N2O3S/c1-3-5-12-10-13(16(20)21-4-2)15(22-12)18-14(19)11-6-8-17-9-7-11/h6-10H,3-5H2,1-2H3,(H,18,19). The van der Waals surface area contributed by atoms with Crippen LogP contribution in [0.3, 0.4) is 0 Å². The molecule has 116 valence electrons. The Kier molecular flexibility index (Phi) is 5.66. The van der Waals surface area contributed by atoms with Crippen LogP contribution in [-0.2, 0) is 11.2 Å². The molecule has 6 heteroatoms. The van der Waals surface area contributed by atoms with Crippen molar-refractivity contribution in [3.05, 3.63) is 46.6 Å². The zero-order valence-electron chi connectivity index (χ0n) is 12.6. The van der Waals surface area contributed by atoms with Gasteiger partial charge in [-0.15, -0.1) is 11.3 Å². The predicted octanol–water partition coefficient (Wildman–Crippen LogP) is 3.52. The Bertz CT molecular complexity index is 653. The van der Waals surface area contributed by atoms with Gasteiger partial charge >= 0.3 is 5.97 Å². The van der Waals surface area contributed by atoms with Crippen molar-refractivity contribution >= 4 is 28.2 Å². The van der Waals surface area contributed by atoms with Crippen molar-refractivity contribution in [3.8, 4) is 0 Å². The molecule has 0 saturated heterocycles. The largest absolute Gasteiger partial charge is 0.462 e.